The number of fused-ring (bicyclic) bond motifs is 1. The van der Waals surface area contributed by atoms with E-state index in [0.717, 1.165) is 0 Å². The molecule has 10 nitrogen and oxygen atoms in total. The van der Waals surface area contributed by atoms with E-state index in [4.69, 9.17) is 37.1 Å². The lowest BCUT2D eigenvalue weighted by atomic mass is 10.0. The van der Waals surface area contributed by atoms with Crippen molar-refractivity contribution in [1.82, 2.24) is 15.2 Å². The fourth-order valence-electron chi connectivity index (χ4n) is 4.60. The Morgan fingerprint density at radius 3 is 2.79 bits per heavy atom. The predicted octanol–water partition coefficient (Wildman–Crippen LogP) is 5.75. The third kappa shape index (κ3) is 6.15. The van der Waals surface area contributed by atoms with E-state index >= 15 is 0 Å². The number of aryl methyl sites for hydroxylation is 1. The van der Waals surface area contributed by atoms with Crippen LogP contribution < -0.4 is 19.5 Å². The molecular weight excluding hydrogens is 610 g/mol. The highest BCUT2D eigenvalue weighted by atomic mass is 35.5. The standard InChI is InChI=1S/C28H25Cl2FN4O6S/c1-3-39-27-24(13-18(29)14-32-27)42(37,38)35-15-19(8-10-25-33-34-28(36)41-25)40-23-9-7-17(12-22(23)35)11-16(2)26-20(30)5-4-6-21(26)31/h4-7,9,11-14,19H,3,8,10,15H2,1-2H3,(H,34,36)/b16-11+/t19-/m0/s1. The van der Waals surface area contributed by atoms with E-state index in [0.29, 0.717) is 16.9 Å². The average molecular weight is 636 g/mol. The highest BCUT2D eigenvalue weighted by Gasteiger charge is 2.37. The van der Waals surface area contributed by atoms with E-state index in [9.17, 15) is 17.6 Å². The maximum absolute atomic E-state index is 14.6. The highest BCUT2D eigenvalue weighted by Crippen LogP contribution is 2.41. The van der Waals surface area contributed by atoms with Crippen molar-refractivity contribution < 1.29 is 26.7 Å². The molecule has 5 rings (SSSR count). The van der Waals surface area contributed by atoms with Gasteiger partial charge < -0.3 is 13.9 Å². The zero-order valence-electron chi connectivity index (χ0n) is 22.4. The molecule has 0 amide bonds. The largest absolute Gasteiger partial charge is 0.486 e. The van der Waals surface area contributed by atoms with Gasteiger partial charge in [-0.05, 0) is 61.7 Å². The quantitative estimate of drug-likeness (QED) is 0.230. The van der Waals surface area contributed by atoms with Crippen molar-refractivity contribution in [3.8, 4) is 11.6 Å². The molecule has 4 aromatic rings. The molecule has 0 saturated heterocycles. The molecule has 2 aromatic carbocycles. The zero-order chi connectivity index (χ0) is 30.0. The summed E-state index contributed by atoms with van der Waals surface area (Å²) in [5.74, 6) is -0.789. The van der Waals surface area contributed by atoms with Gasteiger partial charge in [-0.1, -0.05) is 41.4 Å². The number of benzene rings is 2. The third-order valence-electron chi connectivity index (χ3n) is 6.45. The molecule has 42 heavy (non-hydrogen) atoms. The van der Waals surface area contributed by atoms with Crippen molar-refractivity contribution in [2.24, 2.45) is 0 Å². The molecular formula is C28H25Cl2FN4O6S. The van der Waals surface area contributed by atoms with E-state index < -0.39 is 27.7 Å². The van der Waals surface area contributed by atoms with Crippen molar-refractivity contribution >= 4 is 50.6 Å². The number of allylic oxidation sites excluding steroid dienone is 1. The van der Waals surface area contributed by atoms with Crippen LogP contribution in [-0.2, 0) is 16.4 Å². The lowest BCUT2D eigenvalue weighted by molar-refractivity contribution is 0.186. The van der Waals surface area contributed by atoms with Crippen LogP contribution in [0.3, 0.4) is 0 Å². The minimum absolute atomic E-state index is 0.0899. The minimum atomic E-state index is -4.29. The normalized spacial score (nSPS) is 15.3. The SMILES string of the molecule is CCOc1ncc(Cl)cc1S(=O)(=O)N1C[C@H](CCc2n[nH]c(=O)o2)Oc2ccc(/C=C(\C)c3c(F)cccc3Cl)cc21. The number of halogens is 3. The van der Waals surface area contributed by atoms with Crippen molar-refractivity contribution in [1.29, 1.82) is 0 Å². The lowest BCUT2D eigenvalue weighted by Crippen LogP contribution is -2.44. The van der Waals surface area contributed by atoms with Crippen LogP contribution in [0.5, 0.6) is 11.6 Å². The Morgan fingerprint density at radius 1 is 1.26 bits per heavy atom. The number of H-pyrrole nitrogens is 1. The lowest BCUT2D eigenvalue weighted by Gasteiger charge is -2.35. The van der Waals surface area contributed by atoms with Gasteiger partial charge in [0.1, 0.15) is 17.7 Å². The number of hydrogen-bond donors (Lipinski definition) is 1. The van der Waals surface area contributed by atoms with Crippen LogP contribution >= 0.6 is 23.2 Å². The first-order chi connectivity index (χ1) is 20.1. The summed E-state index contributed by atoms with van der Waals surface area (Å²) >= 11 is 12.4. The molecule has 0 unspecified atom stereocenters. The fourth-order valence-corrected chi connectivity index (χ4v) is 6.75. The summed E-state index contributed by atoms with van der Waals surface area (Å²) in [5, 5.41) is 6.37. The fraction of sp³-hybridized carbons (Fsp3) is 0.250. The van der Waals surface area contributed by atoms with Gasteiger partial charge in [-0.15, -0.1) is 5.10 Å². The molecule has 0 aliphatic carbocycles. The Morgan fingerprint density at radius 2 is 2.07 bits per heavy atom. The Bertz CT molecular complexity index is 1800. The number of hydrogen-bond acceptors (Lipinski definition) is 8. The van der Waals surface area contributed by atoms with Gasteiger partial charge in [-0.3, -0.25) is 4.31 Å². The van der Waals surface area contributed by atoms with Gasteiger partial charge in [-0.2, -0.15) is 0 Å². The van der Waals surface area contributed by atoms with Gasteiger partial charge in [0.2, 0.25) is 11.8 Å². The van der Waals surface area contributed by atoms with Gasteiger partial charge in [0.05, 0.1) is 28.9 Å². The molecule has 14 heteroatoms. The number of sulfonamides is 1. The van der Waals surface area contributed by atoms with Gasteiger partial charge in [0, 0.05) is 18.2 Å². The van der Waals surface area contributed by atoms with Crippen LogP contribution in [0.4, 0.5) is 10.1 Å². The first kappa shape index (κ1) is 29.6. The van der Waals surface area contributed by atoms with E-state index in [-0.39, 0.29) is 64.0 Å². The number of anilines is 1. The second-order valence-electron chi connectivity index (χ2n) is 9.36. The van der Waals surface area contributed by atoms with Crippen LogP contribution in [0.2, 0.25) is 10.0 Å². The van der Waals surface area contributed by atoms with Crippen molar-refractivity contribution in [3.05, 3.63) is 92.1 Å². The van der Waals surface area contributed by atoms with Crippen LogP contribution in [0, 0.1) is 5.82 Å². The molecule has 0 saturated carbocycles. The Kier molecular flexibility index (Phi) is 8.58. The molecule has 0 fully saturated rings. The second kappa shape index (κ2) is 12.2. The molecule has 1 aliphatic heterocycles. The number of pyridine rings is 1. The predicted molar refractivity (Wildman–Crippen MR) is 156 cm³/mol. The number of nitrogens with zero attached hydrogens (tertiary/aromatic N) is 3. The summed E-state index contributed by atoms with van der Waals surface area (Å²) < 4.78 is 60.8. The second-order valence-corrected chi connectivity index (χ2v) is 12.0. The third-order valence-corrected chi connectivity index (χ3v) is 8.75. The summed E-state index contributed by atoms with van der Waals surface area (Å²) in [5.41, 5.74) is 1.62. The number of ether oxygens (including phenoxy) is 2. The minimum Gasteiger partial charge on any atom is -0.486 e. The molecule has 0 radical (unpaired) electrons. The molecule has 1 atom stereocenters. The van der Waals surface area contributed by atoms with Crippen molar-refractivity contribution in [2.75, 3.05) is 17.5 Å². The van der Waals surface area contributed by atoms with E-state index in [1.165, 1.54) is 28.7 Å². The zero-order valence-corrected chi connectivity index (χ0v) is 24.8. The molecule has 1 N–H and O–H groups in total. The topological polar surface area (TPSA) is 128 Å². The van der Waals surface area contributed by atoms with Crippen molar-refractivity contribution in [2.45, 2.75) is 37.7 Å². The summed E-state index contributed by atoms with van der Waals surface area (Å²) in [6, 6.07) is 10.7. The summed E-state index contributed by atoms with van der Waals surface area (Å²) in [6.45, 7) is 3.52. The number of nitrogens with one attached hydrogen (secondary N) is 1. The highest BCUT2D eigenvalue weighted by molar-refractivity contribution is 7.93. The maximum atomic E-state index is 14.6. The van der Waals surface area contributed by atoms with Crippen LogP contribution in [-0.4, -0.2) is 42.9 Å². The number of rotatable bonds is 9. The van der Waals surface area contributed by atoms with Gasteiger partial charge in [-0.25, -0.2) is 27.7 Å². The molecule has 3 heterocycles. The monoisotopic (exact) mass is 634 g/mol. The first-order valence-electron chi connectivity index (χ1n) is 12.9. The molecule has 0 spiro atoms. The number of aromatic nitrogens is 3. The molecule has 1 aliphatic rings. The summed E-state index contributed by atoms with van der Waals surface area (Å²) in [6.07, 6.45) is 2.89. The van der Waals surface area contributed by atoms with E-state index in [2.05, 4.69) is 15.2 Å². The van der Waals surface area contributed by atoms with Crippen LogP contribution in [0.1, 0.15) is 37.3 Å². The van der Waals surface area contributed by atoms with Crippen LogP contribution in [0.15, 0.2) is 62.8 Å². The molecule has 0 bridgehead atoms. The Labute approximate surface area is 250 Å². The average Bonchev–Trinajstić information content (AvgIpc) is 3.37. The Hall–Kier alpha value is -3.87. The molecule has 2 aromatic heterocycles. The maximum Gasteiger partial charge on any atom is 0.434 e. The Balaban J connectivity index is 1.57. The van der Waals surface area contributed by atoms with Gasteiger partial charge >= 0.3 is 5.76 Å². The first-order valence-corrected chi connectivity index (χ1v) is 15.0. The van der Waals surface area contributed by atoms with E-state index in [1.54, 1.807) is 44.2 Å². The summed E-state index contributed by atoms with van der Waals surface area (Å²) in [7, 11) is -4.29. The summed E-state index contributed by atoms with van der Waals surface area (Å²) in [4.78, 5) is 15.2. The van der Waals surface area contributed by atoms with Crippen LogP contribution in [0.25, 0.3) is 11.6 Å². The van der Waals surface area contributed by atoms with Gasteiger partial charge in [0.25, 0.3) is 10.0 Å². The molecule has 220 valence electrons. The number of aromatic amines is 1. The smallest absolute Gasteiger partial charge is 0.434 e. The van der Waals surface area contributed by atoms with E-state index in [1.807, 2.05) is 0 Å². The van der Waals surface area contributed by atoms with Crippen molar-refractivity contribution in [3.63, 3.8) is 0 Å². The van der Waals surface area contributed by atoms with Gasteiger partial charge in [0.15, 0.2) is 4.90 Å².